The number of benzene rings is 1. The highest BCUT2D eigenvalue weighted by atomic mass is 16.3. The molecule has 1 atom stereocenters. The van der Waals surface area contributed by atoms with Crippen LogP contribution in [0.15, 0.2) is 52.1 Å². The lowest BCUT2D eigenvalue weighted by Gasteiger charge is -2.28. The second kappa shape index (κ2) is 12.0. The zero-order valence-corrected chi connectivity index (χ0v) is 18.8. The first-order valence-corrected chi connectivity index (χ1v) is 10.6. The molecule has 7 heteroatoms. The highest BCUT2D eigenvalue weighted by molar-refractivity contribution is 5.93. The lowest BCUT2D eigenvalue weighted by atomic mass is 10.1. The van der Waals surface area contributed by atoms with Gasteiger partial charge in [0.2, 0.25) is 0 Å². The van der Waals surface area contributed by atoms with E-state index in [0.29, 0.717) is 18.7 Å². The van der Waals surface area contributed by atoms with Crippen LogP contribution in [0.1, 0.15) is 48.5 Å². The van der Waals surface area contributed by atoms with E-state index in [1.165, 1.54) is 0 Å². The normalized spacial score (nSPS) is 12.7. The maximum absolute atomic E-state index is 12.0. The number of rotatable bonds is 10. The molecule has 2 N–H and O–H groups in total. The van der Waals surface area contributed by atoms with E-state index in [9.17, 15) is 4.79 Å². The molecule has 7 nitrogen and oxygen atoms in total. The summed E-state index contributed by atoms with van der Waals surface area (Å²) in [5.74, 6) is 1.71. The van der Waals surface area contributed by atoms with E-state index in [-0.39, 0.29) is 11.9 Å². The van der Waals surface area contributed by atoms with Gasteiger partial charge in [0.1, 0.15) is 5.76 Å². The Morgan fingerprint density at radius 3 is 2.30 bits per heavy atom. The van der Waals surface area contributed by atoms with Crippen LogP contribution < -0.4 is 10.6 Å². The van der Waals surface area contributed by atoms with Gasteiger partial charge in [-0.3, -0.25) is 9.69 Å². The number of nitrogens with one attached hydrogen (secondary N) is 2. The molecule has 2 aromatic rings. The smallest absolute Gasteiger partial charge is 0.253 e. The van der Waals surface area contributed by atoms with Crippen LogP contribution in [0.2, 0.25) is 0 Å². The molecule has 0 aliphatic rings. The van der Waals surface area contributed by atoms with Crippen LogP contribution in [0, 0.1) is 0 Å². The number of carbonyl (C=O) groups is 1. The van der Waals surface area contributed by atoms with Crippen LogP contribution in [0.4, 0.5) is 0 Å². The monoisotopic (exact) mass is 413 g/mol. The molecule has 164 valence electrons. The molecule has 0 radical (unpaired) electrons. The van der Waals surface area contributed by atoms with Gasteiger partial charge in [-0.1, -0.05) is 26.0 Å². The van der Waals surface area contributed by atoms with Gasteiger partial charge in [-0.15, -0.1) is 0 Å². The fraction of sp³-hybridized carbons (Fsp3) is 0.478. The maximum Gasteiger partial charge on any atom is 0.253 e. The number of guanidine groups is 1. The molecule has 1 unspecified atom stereocenters. The van der Waals surface area contributed by atoms with Gasteiger partial charge in [-0.25, -0.2) is 4.99 Å². The fourth-order valence-electron chi connectivity index (χ4n) is 3.27. The summed E-state index contributed by atoms with van der Waals surface area (Å²) in [6.07, 6.45) is 1.72. The Hall–Kier alpha value is -2.80. The number of aliphatic imine (C=N–C) groups is 1. The molecule has 1 aromatic carbocycles. The van der Waals surface area contributed by atoms with Crippen LogP contribution in [-0.2, 0) is 6.54 Å². The van der Waals surface area contributed by atoms with Gasteiger partial charge < -0.3 is 20.0 Å². The van der Waals surface area contributed by atoms with Gasteiger partial charge in [0.15, 0.2) is 5.96 Å². The average Bonchev–Trinajstić information content (AvgIpc) is 3.29. The Balaban J connectivity index is 2.05. The minimum Gasteiger partial charge on any atom is -0.468 e. The van der Waals surface area contributed by atoms with Crippen molar-refractivity contribution in [2.24, 2.45) is 4.99 Å². The summed E-state index contributed by atoms with van der Waals surface area (Å²) in [4.78, 5) is 20.7. The zero-order valence-electron chi connectivity index (χ0n) is 18.8. The number of hydrogen-bond donors (Lipinski definition) is 2. The first-order chi connectivity index (χ1) is 14.5. The first-order valence-electron chi connectivity index (χ1n) is 10.6. The summed E-state index contributed by atoms with van der Waals surface area (Å²) in [6.45, 7) is 10.2. The van der Waals surface area contributed by atoms with E-state index in [2.05, 4.69) is 29.4 Å². The fourth-order valence-corrected chi connectivity index (χ4v) is 3.27. The number of amides is 1. The summed E-state index contributed by atoms with van der Waals surface area (Å²) >= 11 is 0. The Kier molecular flexibility index (Phi) is 9.41. The van der Waals surface area contributed by atoms with E-state index in [4.69, 9.17) is 9.41 Å². The highest BCUT2D eigenvalue weighted by Crippen LogP contribution is 2.20. The van der Waals surface area contributed by atoms with Crippen molar-refractivity contribution in [2.75, 3.05) is 40.3 Å². The molecule has 1 heterocycles. The molecule has 30 heavy (non-hydrogen) atoms. The molecule has 0 saturated heterocycles. The number of nitrogens with zero attached hydrogens (tertiary/aromatic N) is 3. The molecule has 2 rings (SSSR count). The third kappa shape index (κ3) is 6.62. The van der Waals surface area contributed by atoms with Crippen molar-refractivity contribution in [1.82, 2.24) is 20.4 Å². The quantitative estimate of drug-likeness (QED) is 0.462. The van der Waals surface area contributed by atoms with Crippen molar-refractivity contribution in [2.45, 2.75) is 33.4 Å². The van der Waals surface area contributed by atoms with Crippen LogP contribution in [0.3, 0.4) is 0 Å². The summed E-state index contributed by atoms with van der Waals surface area (Å²) in [6, 6.07) is 11.7. The van der Waals surface area contributed by atoms with E-state index in [1.807, 2.05) is 43.3 Å². The second-order valence-corrected chi connectivity index (χ2v) is 7.22. The Labute approximate surface area is 180 Å². The number of hydrogen-bond acceptors (Lipinski definition) is 4. The van der Waals surface area contributed by atoms with Gasteiger partial charge >= 0.3 is 0 Å². The van der Waals surface area contributed by atoms with Gasteiger partial charge in [-0.2, -0.15) is 0 Å². The number of furan rings is 1. The zero-order chi connectivity index (χ0) is 21.9. The molecular weight excluding hydrogens is 378 g/mol. The van der Waals surface area contributed by atoms with Crippen molar-refractivity contribution >= 4 is 11.9 Å². The van der Waals surface area contributed by atoms with Gasteiger partial charge in [0.05, 0.1) is 18.8 Å². The van der Waals surface area contributed by atoms with Crippen LogP contribution in [0.25, 0.3) is 0 Å². The lowest BCUT2D eigenvalue weighted by molar-refractivity contribution is 0.0827. The summed E-state index contributed by atoms with van der Waals surface area (Å²) in [5.41, 5.74) is 1.73. The Bertz CT molecular complexity index is 780. The van der Waals surface area contributed by atoms with Crippen molar-refractivity contribution in [3.63, 3.8) is 0 Å². The van der Waals surface area contributed by atoms with Crippen LogP contribution in [0.5, 0.6) is 0 Å². The van der Waals surface area contributed by atoms with Crippen LogP contribution >= 0.6 is 0 Å². The van der Waals surface area contributed by atoms with Gasteiger partial charge in [0, 0.05) is 32.7 Å². The molecule has 0 saturated carbocycles. The van der Waals surface area contributed by atoms with Crippen molar-refractivity contribution in [1.29, 1.82) is 0 Å². The molecule has 0 bridgehead atoms. The summed E-state index contributed by atoms with van der Waals surface area (Å²) < 4.78 is 5.68. The van der Waals surface area contributed by atoms with Crippen molar-refractivity contribution in [3.05, 3.63) is 59.5 Å². The predicted octanol–water partition coefficient (Wildman–Crippen LogP) is 3.12. The lowest BCUT2D eigenvalue weighted by Crippen LogP contribution is -2.43. The average molecular weight is 414 g/mol. The highest BCUT2D eigenvalue weighted by Gasteiger charge is 2.20. The molecule has 0 aliphatic heterocycles. The van der Waals surface area contributed by atoms with Gasteiger partial charge in [-0.05, 0) is 49.8 Å². The molecule has 0 fully saturated rings. The Morgan fingerprint density at radius 1 is 1.07 bits per heavy atom. The summed E-state index contributed by atoms with van der Waals surface area (Å²) in [5, 5.41) is 6.75. The minimum atomic E-state index is 0.000395. The molecule has 1 aromatic heterocycles. The first kappa shape index (κ1) is 23.5. The van der Waals surface area contributed by atoms with Crippen molar-refractivity contribution in [3.8, 4) is 0 Å². The second-order valence-electron chi connectivity index (χ2n) is 7.22. The number of carbonyl (C=O) groups excluding carboxylic acids is 1. The van der Waals surface area contributed by atoms with E-state index in [1.54, 1.807) is 25.3 Å². The summed E-state index contributed by atoms with van der Waals surface area (Å²) in [7, 11) is 3.51. The third-order valence-corrected chi connectivity index (χ3v) is 4.96. The standard InChI is InChI=1S/C23H35N5O2/c1-6-24-23(25-16-18-11-13-19(14-12-18)22(29)27(4)5)26-17-20(28(7-2)8-3)21-10-9-15-30-21/h9-15,20H,6-8,16-17H2,1-5H3,(H2,24,25,26). The molecule has 0 aliphatic carbocycles. The SMILES string of the molecule is CCNC(=NCc1ccc(C(=O)N(C)C)cc1)NCC(c1ccco1)N(CC)CC. The van der Waals surface area contributed by atoms with Crippen molar-refractivity contribution < 1.29 is 9.21 Å². The molecule has 1 amide bonds. The third-order valence-electron chi connectivity index (χ3n) is 4.96. The predicted molar refractivity (Wildman–Crippen MR) is 122 cm³/mol. The maximum atomic E-state index is 12.0. The molecule has 0 spiro atoms. The topological polar surface area (TPSA) is 73.1 Å². The van der Waals surface area contributed by atoms with E-state index >= 15 is 0 Å². The van der Waals surface area contributed by atoms with Crippen LogP contribution in [-0.4, -0.2) is 61.9 Å². The van der Waals surface area contributed by atoms with E-state index < -0.39 is 0 Å². The van der Waals surface area contributed by atoms with E-state index in [0.717, 1.165) is 36.9 Å². The van der Waals surface area contributed by atoms with Gasteiger partial charge in [0.25, 0.3) is 5.91 Å². The largest absolute Gasteiger partial charge is 0.468 e. The number of likely N-dealkylation sites (N-methyl/N-ethyl adjacent to an activating group) is 1. The Morgan fingerprint density at radius 2 is 1.77 bits per heavy atom. The minimum absolute atomic E-state index is 0.000395. The molecular formula is C23H35N5O2.